The SMILES string of the molecule is O=C1NCCN(Cc2ccc(F)cc2)C1CC(=O)N1CCN(C2CCCCC2)CC1. The van der Waals surface area contributed by atoms with E-state index in [-0.39, 0.29) is 24.1 Å². The molecule has 164 valence electrons. The molecule has 1 N–H and O–H groups in total. The summed E-state index contributed by atoms with van der Waals surface area (Å²) in [5.41, 5.74) is 0.949. The molecule has 30 heavy (non-hydrogen) atoms. The number of halogens is 1. The van der Waals surface area contributed by atoms with Crippen LogP contribution in [0.4, 0.5) is 4.39 Å². The maximum Gasteiger partial charge on any atom is 0.237 e. The predicted octanol–water partition coefficient (Wildman–Crippen LogP) is 1.99. The zero-order valence-electron chi connectivity index (χ0n) is 17.7. The molecule has 0 radical (unpaired) electrons. The summed E-state index contributed by atoms with van der Waals surface area (Å²) in [6, 6.07) is 6.58. The predicted molar refractivity (Wildman–Crippen MR) is 113 cm³/mol. The Balaban J connectivity index is 1.32. The molecule has 0 bridgehead atoms. The van der Waals surface area contributed by atoms with Crippen molar-refractivity contribution in [2.24, 2.45) is 0 Å². The molecule has 4 rings (SSSR count). The van der Waals surface area contributed by atoms with E-state index in [4.69, 9.17) is 0 Å². The second kappa shape index (κ2) is 9.88. The van der Waals surface area contributed by atoms with Crippen molar-refractivity contribution in [1.82, 2.24) is 20.0 Å². The van der Waals surface area contributed by atoms with E-state index in [1.54, 1.807) is 12.1 Å². The Bertz CT molecular complexity index is 727. The van der Waals surface area contributed by atoms with Crippen molar-refractivity contribution in [2.75, 3.05) is 39.3 Å². The van der Waals surface area contributed by atoms with Gasteiger partial charge in [-0.25, -0.2) is 4.39 Å². The van der Waals surface area contributed by atoms with Gasteiger partial charge < -0.3 is 10.2 Å². The third-order valence-corrected chi connectivity index (χ3v) is 6.87. The summed E-state index contributed by atoms with van der Waals surface area (Å²) in [4.78, 5) is 32.0. The summed E-state index contributed by atoms with van der Waals surface area (Å²) in [7, 11) is 0. The number of nitrogens with one attached hydrogen (secondary N) is 1. The lowest BCUT2D eigenvalue weighted by atomic mass is 9.94. The second-order valence-corrected chi connectivity index (χ2v) is 8.82. The average molecular weight is 417 g/mol. The molecule has 1 atom stereocenters. The van der Waals surface area contributed by atoms with Gasteiger partial charge in [-0.15, -0.1) is 0 Å². The highest BCUT2D eigenvalue weighted by atomic mass is 19.1. The second-order valence-electron chi connectivity index (χ2n) is 8.82. The third-order valence-electron chi connectivity index (χ3n) is 6.87. The molecule has 0 spiro atoms. The molecule has 3 aliphatic rings. The van der Waals surface area contributed by atoms with Crippen molar-refractivity contribution in [3.63, 3.8) is 0 Å². The van der Waals surface area contributed by atoms with Crippen LogP contribution in [0.15, 0.2) is 24.3 Å². The Morgan fingerprint density at radius 1 is 1.00 bits per heavy atom. The molecule has 0 aromatic heterocycles. The summed E-state index contributed by atoms with van der Waals surface area (Å²) in [5, 5.41) is 2.90. The molecule has 2 saturated heterocycles. The number of piperazine rings is 2. The van der Waals surface area contributed by atoms with Gasteiger partial charge >= 0.3 is 0 Å². The fourth-order valence-electron chi connectivity index (χ4n) is 5.07. The van der Waals surface area contributed by atoms with Crippen LogP contribution in [0, 0.1) is 5.82 Å². The molecular formula is C23H33FN4O2. The topological polar surface area (TPSA) is 55.9 Å². The van der Waals surface area contributed by atoms with Crippen LogP contribution in [-0.2, 0) is 16.1 Å². The lowest BCUT2D eigenvalue weighted by Crippen LogP contribution is -2.57. The van der Waals surface area contributed by atoms with Crippen LogP contribution in [-0.4, -0.2) is 77.9 Å². The molecule has 3 fully saturated rings. The van der Waals surface area contributed by atoms with Gasteiger partial charge in [0.05, 0.1) is 12.5 Å². The van der Waals surface area contributed by atoms with Gasteiger partial charge in [-0.3, -0.25) is 19.4 Å². The van der Waals surface area contributed by atoms with E-state index in [1.807, 2.05) is 9.80 Å². The minimum atomic E-state index is -0.465. The quantitative estimate of drug-likeness (QED) is 0.798. The van der Waals surface area contributed by atoms with Crippen molar-refractivity contribution < 1.29 is 14.0 Å². The molecule has 2 heterocycles. The van der Waals surface area contributed by atoms with Gasteiger partial charge in [0.1, 0.15) is 5.82 Å². The zero-order chi connectivity index (χ0) is 20.9. The highest BCUT2D eigenvalue weighted by Crippen LogP contribution is 2.24. The minimum Gasteiger partial charge on any atom is -0.353 e. The largest absolute Gasteiger partial charge is 0.353 e. The summed E-state index contributed by atoms with van der Waals surface area (Å²) in [6.07, 6.45) is 6.78. The number of carbonyl (C=O) groups excluding carboxylic acids is 2. The van der Waals surface area contributed by atoms with E-state index in [9.17, 15) is 14.0 Å². The first-order valence-electron chi connectivity index (χ1n) is 11.4. The van der Waals surface area contributed by atoms with Gasteiger partial charge in [0.25, 0.3) is 0 Å². The first kappa shape index (κ1) is 21.2. The van der Waals surface area contributed by atoms with E-state index in [0.29, 0.717) is 25.7 Å². The summed E-state index contributed by atoms with van der Waals surface area (Å²) < 4.78 is 13.2. The number of hydrogen-bond donors (Lipinski definition) is 1. The Morgan fingerprint density at radius 3 is 2.40 bits per heavy atom. The first-order valence-corrected chi connectivity index (χ1v) is 11.4. The van der Waals surface area contributed by atoms with E-state index in [0.717, 1.165) is 31.7 Å². The first-order chi connectivity index (χ1) is 14.6. The molecule has 7 heteroatoms. The normalized spacial score (nSPS) is 24.6. The molecule has 1 saturated carbocycles. The molecule has 1 aromatic carbocycles. The maximum atomic E-state index is 13.2. The number of benzene rings is 1. The van der Waals surface area contributed by atoms with Crippen molar-refractivity contribution in [1.29, 1.82) is 0 Å². The number of nitrogens with zero attached hydrogens (tertiary/aromatic N) is 3. The fraction of sp³-hybridized carbons (Fsp3) is 0.652. The molecule has 1 unspecified atom stereocenters. The summed E-state index contributed by atoms with van der Waals surface area (Å²) in [5.74, 6) is -0.295. The zero-order valence-corrected chi connectivity index (χ0v) is 17.7. The van der Waals surface area contributed by atoms with Crippen LogP contribution in [0.5, 0.6) is 0 Å². The number of hydrogen-bond acceptors (Lipinski definition) is 4. The Morgan fingerprint density at radius 2 is 1.70 bits per heavy atom. The van der Waals surface area contributed by atoms with Gasteiger partial charge in [0.2, 0.25) is 11.8 Å². The molecule has 1 aromatic rings. The van der Waals surface area contributed by atoms with Crippen molar-refractivity contribution in [3.05, 3.63) is 35.6 Å². The van der Waals surface area contributed by atoms with Gasteiger partial charge in [0.15, 0.2) is 0 Å². The molecular weight excluding hydrogens is 383 g/mol. The fourth-order valence-corrected chi connectivity index (χ4v) is 5.07. The van der Waals surface area contributed by atoms with Gasteiger partial charge in [-0.2, -0.15) is 0 Å². The lowest BCUT2D eigenvalue weighted by Gasteiger charge is -2.41. The maximum absolute atomic E-state index is 13.2. The average Bonchev–Trinajstić information content (AvgIpc) is 2.78. The van der Waals surface area contributed by atoms with Crippen molar-refractivity contribution in [2.45, 2.75) is 57.2 Å². The number of amides is 2. The third kappa shape index (κ3) is 5.19. The van der Waals surface area contributed by atoms with E-state index >= 15 is 0 Å². The van der Waals surface area contributed by atoms with Gasteiger partial charge in [0, 0.05) is 51.9 Å². The Kier molecular flexibility index (Phi) is 7.00. The van der Waals surface area contributed by atoms with E-state index in [1.165, 1.54) is 44.2 Å². The van der Waals surface area contributed by atoms with Crippen molar-refractivity contribution in [3.8, 4) is 0 Å². The van der Waals surface area contributed by atoms with Crippen LogP contribution in [0.1, 0.15) is 44.1 Å². The van der Waals surface area contributed by atoms with E-state index < -0.39 is 6.04 Å². The summed E-state index contributed by atoms with van der Waals surface area (Å²) in [6.45, 7) is 5.19. The van der Waals surface area contributed by atoms with Crippen molar-refractivity contribution >= 4 is 11.8 Å². The van der Waals surface area contributed by atoms with Crippen LogP contribution in [0.3, 0.4) is 0 Å². The van der Waals surface area contributed by atoms with Crippen LogP contribution >= 0.6 is 0 Å². The monoisotopic (exact) mass is 416 g/mol. The minimum absolute atomic E-state index is 0.0597. The van der Waals surface area contributed by atoms with Gasteiger partial charge in [-0.05, 0) is 30.5 Å². The Hall–Kier alpha value is -1.99. The van der Waals surface area contributed by atoms with E-state index in [2.05, 4.69) is 10.2 Å². The van der Waals surface area contributed by atoms with Crippen LogP contribution in [0.2, 0.25) is 0 Å². The lowest BCUT2D eigenvalue weighted by molar-refractivity contribution is -0.140. The highest BCUT2D eigenvalue weighted by Gasteiger charge is 2.34. The number of carbonyl (C=O) groups is 2. The molecule has 2 aliphatic heterocycles. The molecule has 1 aliphatic carbocycles. The van der Waals surface area contributed by atoms with Crippen LogP contribution < -0.4 is 5.32 Å². The smallest absolute Gasteiger partial charge is 0.237 e. The van der Waals surface area contributed by atoms with Crippen LogP contribution in [0.25, 0.3) is 0 Å². The molecule has 2 amide bonds. The number of rotatable bonds is 5. The summed E-state index contributed by atoms with van der Waals surface area (Å²) >= 11 is 0. The Labute approximate surface area is 178 Å². The highest BCUT2D eigenvalue weighted by molar-refractivity contribution is 5.88. The molecule has 6 nitrogen and oxygen atoms in total. The standard InChI is InChI=1S/C23H33FN4O2/c24-19-8-6-18(7-9-19)17-28-11-10-25-23(30)21(28)16-22(29)27-14-12-26(13-15-27)20-4-2-1-3-5-20/h6-9,20-21H,1-5,10-17H2,(H,25,30). The van der Waals surface area contributed by atoms with Gasteiger partial charge in [-0.1, -0.05) is 31.4 Å².